The first-order valence-corrected chi connectivity index (χ1v) is 6.86. The number of para-hydroxylation sites is 1. The van der Waals surface area contributed by atoms with Crippen LogP contribution in [0.15, 0.2) is 42.7 Å². The number of hydrogen-bond acceptors (Lipinski definition) is 3. The minimum atomic E-state index is -0.0534. The van der Waals surface area contributed by atoms with E-state index in [4.69, 9.17) is 0 Å². The van der Waals surface area contributed by atoms with Crippen LogP contribution in [0.25, 0.3) is 10.9 Å². The Morgan fingerprint density at radius 2 is 2.21 bits per heavy atom. The first kappa shape index (κ1) is 11.9. The molecule has 0 spiro atoms. The Bertz CT molecular complexity index is 688. The van der Waals surface area contributed by atoms with Gasteiger partial charge in [-0.25, -0.2) is 4.37 Å². The van der Waals surface area contributed by atoms with Gasteiger partial charge in [-0.15, -0.1) is 0 Å². The lowest BCUT2D eigenvalue weighted by Gasteiger charge is -2.02. The van der Waals surface area contributed by atoms with Crippen LogP contribution in [0.4, 0.5) is 0 Å². The molecule has 4 nitrogen and oxygen atoms in total. The highest BCUT2D eigenvalue weighted by Crippen LogP contribution is 2.17. The lowest BCUT2D eigenvalue weighted by molar-refractivity contribution is 0.0958. The van der Waals surface area contributed by atoms with Crippen molar-refractivity contribution in [2.45, 2.75) is 6.42 Å². The average Bonchev–Trinajstić information content (AvgIpc) is 3.08. The van der Waals surface area contributed by atoms with E-state index in [1.807, 2.05) is 18.3 Å². The molecular weight excluding hydrogens is 258 g/mol. The fourth-order valence-corrected chi connectivity index (χ4v) is 2.58. The van der Waals surface area contributed by atoms with Crippen molar-refractivity contribution in [3.8, 4) is 0 Å². The van der Waals surface area contributed by atoms with Gasteiger partial charge < -0.3 is 10.3 Å². The molecule has 0 radical (unpaired) electrons. The Kier molecular flexibility index (Phi) is 3.29. The van der Waals surface area contributed by atoms with Crippen LogP contribution < -0.4 is 5.32 Å². The first-order chi connectivity index (χ1) is 9.34. The number of rotatable bonds is 4. The number of carbonyl (C=O) groups is 1. The zero-order chi connectivity index (χ0) is 13.1. The van der Waals surface area contributed by atoms with Crippen molar-refractivity contribution < 1.29 is 4.79 Å². The third-order valence-electron chi connectivity index (χ3n) is 3.02. The summed E-state index contributed by atoms with van der Waals surface area (Å²) in [4.78, 5) is 15.6. The van der Waals surface area contributed by atoms with Gasteiger partial charge in [0.15, 0.2) is 0 Å². The largest absolute Gasteiger partial charge is 0.361 e. The Morgan fingerprint density at radius 3 is 3.05 bits per heavy atom. The highest BCUT2D eigenvalue weighted by atomic mass is 32.1. The molecule has 0 bridgehead atoms. The third-order valence-corrected chi connectivity index (χ3v) is 3.76. The van der Waals surface area contributed by atoms with Gasteiger partial charge in [-0.2, -0.15) is 0 Å². The summed E-state index contributed by atoms with van der Waals surface area (Å²) in [6.07, 6.45) is 4.46. The zero-order valence-electron chi connectivity index (χ0n) is 10.2. The van der Waals surface area contributed by atoms with Gasteiger partial charge in [0.05, 0.1) is 0 Å². The quantitative estimate of drug-likeness (QED) is 0.766. The molecule has 0 aliphatic rings. The number of benzene rings is 1. The predicted molar refractivity (Wildman–Crippen MR) is 76.4 cm³/mol. The molecule has 0 atom stereocenters. The van der Waals surface area contributed by atoms with Crippen molar-refractivity contribution in [3.63, 3.8) is 0 Å². The van der Waals surface area contributed by atoms with Gasteiger partial charge in [-0.05, 0) is 35.6 Å². The van der Waals surface area contributed by atoms with Crippen molar-refractivity contribution in [2.75, 3.05) is 6.54 Å². The molecule has 2 N–H and O–H groups in total. The van der Waals surface area contributed by atoms with Crippen molar-refractivity contribution in [1.82, 2.24) is 14.7 Å². The summed E-state index contributed by atoms with van der Waals surface area (Å²) in [5.41, 5.74) is 2.35. The Hall–Kier alpha value is -2.14. The van der Waals surface area contributed by atoms with Gasteiger partial charge in [0.25, 0.3) is 5.91 Å². The molecule has 0 saturated heterocycles. The third kappa shape index (κ3) is 2.51. The average molecular weight is 271 g/mol. The highest BCUT2D eigenvalue weighted by molar-refractivity contribution is 7.08. The molecule has 3 aromatic rings. The predicted octanol–water partition coefficient (Wildman–Crippen LogP) is 2.60. The zero-order valence-corrected chi connectivity index (χ0v) is 11.0. The van der Waals surface area contributed by atoms with E-state index in [1.54, 1.807) is 12.3 Å². The van der Waals surface area contributed by atoms with Gasteiger partial charge in [0.1, 0.15) is 4.88 Å². The fourth-order valence-electron chi connectivity index (χ4n) is 2.07. The second-order valence-electron chi connectivity index (χ2n) is 4.24. The molecule has 0 aliphatic heterocycles. The number of aromatic nitrogens is 2. The van der Waals surface area contributed by atoms with E-state index in [2.05, 4.69) is 26.8 Å². The van der Waals surface area contributed by atoms with Gasteiger partial charge in [0.2, 0.25) is 0 Å². The van der Waals surface area contributed by atoms with E-state index in [-0.39, 0.29) is 5.91 Å². The Balaban J connectivity index is 1.62. The summed E-state index contributed by atoms with van der Waals surface area (Å²) < 4.78 is 3.92. The summed E-state index contributed by atoms with van der Waals surface area (Å²) in [6, 6.07) is 9.90. The van der Waals surface area contributed by atoms with E-state index in [0.717, 1.165) is 11.9 Å². The number of H-pyrrole nitrogens is 1. The molecule has 3 rings (SSSR count). The number of nitrogens with one attached hydrogen (secondary N) is 2. The minimum Gasteiger partial charge on any atom is -0.361 e. The van der Waals surface area contributed by atoms with Crippen LogP contribution in [0.5, 0.6) is 0 Å². The van der Waals surface area contributed by atoms with E-state index in [9.17, 15) is 4.79 Å². The van der Waals surface area contributed by atoms with Crippen molar-refractivity contribution in [2.24, 2.45) is 0 Å². The lowest BCUT2D eigenvalue weighted by Crippen LogP contribution is -2.24. The molecule has 0 fully saturated rings. The Morgan fingerprint density at radius 1 is 1.32 bits per heavy atom. The molecule has 1 amide bonds. The first-order valence-electron chi connectivity index (χ1n) is 6.08. The molecule has 2 aromatic heterocycles. The summed E-state index contributed by atoms with van der Waals surface area (Å²) in [5, 5.41) is 4.12. The van der Waals surface area contributed by atoms with Crippen molar-refractivity contribution >= 4 is 28.3 Å². The summed E-state index contributed by atoms with van der Waals surface area (Å²) in [7, 11) is 0. The van der Waals surface area contributed by atoms with E-state index >= 15 is 0 Å². The normalized spacial score (nSPS) is 10.7. The molecule has 2 heterocycles. The van der Waals surface area contributed by atoms with Crippen LogP contribution in [0.3, 0.4) is 0 Å². The fraction of sp³-hybridized carbons (Fsp3) is 0.143. The standard InChI is InChI=1S/C14H13N3OS/c18-14(13-6-8-17-19-13)15-7-5-10-9-16-12-4-2-1-3-11(10)12/h1-4,6,8-9,16H,5,7H2,(H,15,18). The monoisotopic (exact) mass is 271 g/mol. The number of hydrogen-bond donors (Lipinski definition) is 2. The molecule has 0 aliphatic carbocycles. The van der Waals surface area contributed by atoms with Crippen LogP contribution in [-0.4, -0.2) is 21.8 Å². The molecule has 5 heteroatoms. The van der Waals surface area contributed by atoms with Crippen molar-refractivity contribution in [1.29, 1.82) is 0 Å². The molecule has 0 unspecified atom stereocenters. The summed E-state index contributed by atoms with van der Waals surface area (Å²) in [6.45, 7) is 0.624. The number of nitrogens with zero attached hydrogens (tertiary/aromatic N) is 1. The molecular formula is C14H13N3OS. The van der Waals surface area contributed by atoms with Gasteiger partial charge in [-0.1, -0.05) is 18.2 Å². The molecule has 19 heavy (non-hydrogen) atoms. The number of carbonyl (C=O) groups excluding carboxylic acids is 1. The van der Waals surface area contributed by atoms with Crippen LogP contribution in [0, 0.1) is 0 Å². The van der Waals surface area contributed by atoms with Crippen LogP contribution in [-0.2, 0) is 6.42 Å². The Labute approximate surface area is 114 Å². The lowest BCUT2D eigenvalue weighted by atomic mass is 10.1. The number of fused-ring (bicyclic) bond motifs is 1. The second-order valence-corrected chi connectivity index (χ2v) is 5.08. The van der Waals surface area contributed by atoms with Crippen LogP contribution >= 0.6 is 11.5 Å². The molecule has 96 valence electrons. The maximum atomic E-state index is 11.7. The van der Waals surface area contributed by atoms with E-state index < -0.39 is 0 Å². The van der Waals surface area contributed by atoms with E-state index in [0.29, 0.717) is 11.4 Å². The van der Waals surface area contributed by atoms with Crippen LogP contribution in [0.2, 0.25) is 0 Å². The van der Waals surface area contributed by atoms with Gasteiger partial charge in [-0.3, -0.25) is 4.79 Å². The van der Waals surface area contributed by atoms with E-state index in [1.165, 1.54) is 22.5 Å². The maximum absolute atomic E-state index is 11.7. The van der Waals surface area contributed by atoms with Crippen molar-refractivity contribution in [3.05, 3.63) is 53.2 Å². The molecule has 0 saturated carbocycles. The molecule has 1 aromatic carbocycles. The second kappa shape index (κ2) is 5.24. The SMILES string of the molecule is O=C(NCCc1c[nH]c2ccccc12)c1ccns1. The number of aromatic amines is 1. The highest BCUT2D eigenvalue weighted by Gasteiger charge is 2.07. The topological polar surface area (TPSA) is 57.8 Å². The smallest absolute Gasteiger partial charge is 0.262 e. The van der Waals surface area contributed by atoms with Gasteiger partial charge in [0, 0.05) is 29.8 Å². The number of amides is 1. The van der Waals surface area contributed by atoms with Crippen LogP contribution in [0.1, 0.15) is 15.2 Å². The summed E-state index contributed by atoms with van der Waals surface area (Å²) in [5.74, 6) is -0.0534. The maximum Gasteiger partial charge on any atom is 0.262 e. The van der Waals surface area contributed by atoms with Gasteiger partial charge >= 0.3 is 0 Å². The summed E-state index contributed by atoms with van der Waals surface area (Å²) >= 11 is 1.21. The minimum absolute atomic E-state index is 0.0534.